The second kappa shape index (κ2) is 5.37. The zero-order valence-corrected chi connectivity index (χ0v) is 12.8. The molecule has 5 heteroatoms. The van der Waals surface area contributed by atoms with Gasteiger partial charge in [-0.25, -0.2) is 4.98 Å². The van der Waals surface area contributed by atoms with Crippen LogP contribution in [0.25, 0.3) is 22.6 Å². The minimum atomic E-state index is -0.159. The summed E-state index contributed by atoms with van der Waals surface area (Å²) in [6.45, 7) is 7.91. The molecule has 0 radical (unpaired) electrons. The Bertz CT molecular complexity index is 761. The zero-order chi connectivity index (χ0) is 15.0. The lowest BCUT2D eigenvalue weighted by molar-refractivity contribution is 0.960. The van der Waals surface area contributed by atoms with Crippen LogP contribution in [0.2, 0.25) is 0 Å². The molecule has 0 spiro atoms. The van der Waals surface area contributed by atoms with Crippen molar-refractivity contribution >= 4 is 22.6 Å². The number of halogens is 1. The summed E-state index contributed by atoms with van der Waals surface area (Å²) in [5, 5.41) is 6.93. The van der Waals surface area contributed by atoms with E-state index in [2.05, 4.69) is 52.7 Å². The number of alkyl halides is 1. The van der Waals surface area contributed by atoms with Gasteiger partial charge >= 0.3 is 0 Å². The minimum Gasteiger partial charge on any atom is -0.337 e. The summed E-state index contributed by atoms with van der Waals surface area (Å²) in [4.78, 5) is 7.99. The molecule has 3 aromatic rings. The van der Waals surface area contributed by atoms with Gasteiger partial charge in [-0.1, -0.05) is 6.08 Å². The number of fused-ring (bicyclic) bond motifs is 1. The maximum atomic E-state index is 6.38. The van der Waals surface area contributed by atoms with Crippen LogP contribution in [-0.4, -0.2) is 20.2 Å². The number of aryl methyl sites for hydroxylation is 2. The Balaban J connectivity index is 2.09. The Kier molecular flexibility index (Phi) is 3.55. The van der Waals surface area contributed by atoms with Crippen molar-refractivity contribution in [2.24, 2.45) is 0 Å². The molecule has 2 N–H and O–H groups in total. The van der Waals surface area contributed by atoms with Crippen LogP contribution < -0.4 is 0 Å². The van der Waals surface area contributed by atoms with Crippen molar-refractivity contribution in [3.05, 3.63) is 47.7 Å². The van der Waals surface area contributed by atoms with E-state index in [0.29, 0.717) is 6.42 Å². The van der Waals surface area contributed by atoms with Crippen LogP contribution in [0.3, 0.4) is 0 Å². The summed E-state index contributed by atoms with van der Waals surface area (Å²) in [7, 11) is 0. The molecule has 1 atom stereocenters. The smallest absolute Gasteiger partial charge is 0.156 e. The fourth-order valence-electron chi connectivity index (χ4n) is 2.38. The van der Waals surface area contributed by atoms with Crippen molar-refractivity contribution in [1.82, 2.24) is 20.2 Å². The van der Waals surface area contributed by atoms with Crippen molar-refractivity contribution in [1.29, 1.82) is 0 Å². The van der Waals surface area contributed by atoms with Gasteiger partial charge in [-0.15, -0.1) is 18.2 Å². The molecular weight excluding hydrogens is 284 g/mol. The van der Waals surface area contributed by atoms with Crippen molar-refractivity contribution in [3.63, 3.8) is 0 Å². The fourth-order valence-corrected chi connectivity index (χ4v) is 2.68. The van der Waals surface area contributed by atoms with Crippen LogP contribution in [-0.2, 0) is 0 Å². The van der Waals surface area contributed by atoms with Gasteiger partial charge in [0.05, 0.1) is 22.6 Å². The van der Waals surface area contributed by atoms with Gasteiger partial charge in [0.1, 0.15) is 5.69 Å². The Morgan fingerprint density at radius 2 is 2.10 bits per heavy atom. The van der Waals surface area contributed by atoms with E-state index in [4.69, 9.17) is 11.6 Å². The maximum Gasteiger partial charge on any atom is 0.156 e. The third kappa shape index (κ3) is 2.47. The van der Waals surface area contributed by atoms with Crippen LogP contribution >= 0.6 is 11.6 Å². The monoisotopic (exact) mass is 300 g/mol. The predicted molar refractivity (Wildman–Crippen MR) is 86.6 cm³/mol. The second-order valence-corrected chi connectivity index (χ2v) is 5.76. The number of rotatable bonds is 4. The number of benzene rings is 1. The molecule has 1 aromatic carbocycles. The minimum absolute atomic E-state index is 0.159. The van der Waals surface area contributed by atoms with Crippen LogP contribution in [0.4, 0.5) is 0 Å². The van der Waals surface area contributed by atoms with Crippen molar-refractivity contribution < 1.29 is 0 Å². The first-order valence-corrected chi connectivity index (χ1v) is 7.29. The number of H-pyrrole nitrogens is 2. The molecule has 0 aliphatic carbocycles. The van der Waals surface area contributed by atoms with E-state index < -0.39 is 0 Å². The number of allylic oxidation sites excluding steroid dienone is 1. The first-order valence-electron chi connectivity index (χ1n) is 6.85. The standard InChI is InChI=1S/C16H17ClN4/c1-4-5-12(17)11-8-18-21-15(11)16-19-13-6-9(2)10(3)7-14(13)20-16/h4,6-8,12H,1,5H2,2-3H3,(H,18,21)(H,19,20). The molecule has 2 aromatic heterocycles. The molecule has 108 valence electrons. The quantitative estimate of drug-likeness (QED) is 0.553. The highest BCUT2D eigenvalue weighted by molar-refractivity contribution is 6.21. The molecule has 4 nitrogen and oxygen atoms in total. The summed E-state index contributed by atoms with van der Waals surface area (Å²) in [6.07, 6.45) is 4.24. The maximum absolute atomic E-state index is 6.38. The topological polar surface area (TPSA) is 57.4 Å². The zero-order valence-electron chi connectivity index (χ0n) is 12.1. The SMILES string of the molecule is C=CCC(Cl)c1cn[nH]c1-c1nc2cc(C)c(C)cc2[nH]1. The molecular formula is C16H17ClN4. The van der Waals surface area contributed by atoms with Gasteiger partial charge in [0.2, 0.25) is 0 Å². The number of hydrogen-bond donors (Lipinski definition) is 2. The van der Waals surface area contributed by atoms with Crippen LogP contribution in [0.5, 0.6) is 0 Å². The lowest BCUT2D eigenvalue weighted by Gasteiger charge is -2.05. The second-order valence-electron chi connectivity index (χ2n) is 5.23. The van der Waals surface area contributed by atoms with E-state index in [1.54, 1.807) is 12.3 Å². The third-order valence-corrected chi connectivity index (χ3v) is 4.13. The molecule has 0 aliphatic heterocycles. The molecule has 0 amide bonds. The highest BCUT2D eigenvalue weighted by Gasteiger charge is 2.17. The van der Waals surface area contributed by atoms with E-state index in [9.17, 15) is 0 Å². The highest BCUT2D eigenvalue weighted by Crippen LogP contribution is 2.32. The summed E-state index contributed by atoms with van der Waals surface area (Å²) < 4.78 is 0. The van der Waals surface area contributed by atoms with Gasteiger partial charge in [-0.3, -0.25) is 5.10 Å². The Morgan fingerprint density at radius 3 is 2.86 bits per heavy atom. The highest BCUT2D eigenvalue weighted by atomic mass is 35.5. The Morgan fingerprint density at radius 1 is 1.33 bits per heavy atom. The van der Waals surface area contributed by atoms with Gasteiger partial charge < -0.3 is 4.98 Å². The van der Waals surface area contributed by atoms with Gasteiger partial charge in [0.25, 0.3) is 0 Å². The van der Waals surface area contributed by atoms with Gasteiger partial charge in [-0.2, -0.15) is 5.10 Å². The number of nitrogens with zero attached hydrogens (tertiary/aromatic N) is 2. The molecule has 0 saturated heterocycles. The first-order chi connectivity index (χ1) is 10.1. The molecule has 1 unspecified atom stereocenters. The number of aromatic amines is 2. The average Bonchev–Trinajstić information content (AvgIpc) is 3.05. The van der Waals surface area contributed by atoms with Gasteiger partial charge in [0.15, 0.2) is 5.82 Å². The fraction of sp³-hybridized carbons (Fsp3) is 0.250. The molecule has 0 fully saturated rings. The van der Waals surface area contributed by atoms with Gasteiger partial charge in [-0.05, 0) is 43.5 Å². The number of imidazole rings is 1. The predicted octanol–water partition coefficient (Wildman–Crippen LogP) is 4.43. The van der Waals surface area contributed by atoms with Crippen LogP contribution in [0.1, 0.15) is 28.5 Å². The summed E-state index contributed by atoms with van der Waals surface area (Å²) in [6, 6.07) is 4.20. The largest absolute Gasteiger partial charge is 0.337 e. The van der Waals surface area contributed by atoms with Crippen molar-refractivity contribution in [2.45, 2.75) is 25.6 Å². The molecule has 3 rings (SSSR count). The molecule has 0 saturated carbocycles. The van der Waals surface area contributed by atoms with E-state index in [1.165, 1.54) is 11.1 Å². The van der Waals surface area contributed by atoms with Crippen LogP contribution in [0, 0.1) is 13.8 Å². The third-order valence-electron chi connectivity index (χ3n) is 3.71. The molecule has 2 heterocycles. The molecule has 21 heavy (non-hydrogen) atoms. The normalized spacial score (nSPS) is 12.7. The Labute approximate surface area is 128 Å². The average molecular weight is 301 g/mol. The lowest BCUT2D eigenvalue weighted by atomic mass is 10.1. The van der Waals surface area contributed by atoms with E-state index in [0.717, 1.165) is 28.1 Å². The lowest BCUT2D eigenvalue weighted by Crippen LogP contribution is -1.91. The van der Waals surface area contributed by atoms with Crippen molar-refractivity contribution in [2.75, 3.05) is 0 Å². The van der Waals surface area contributed by atoms with Crippen LogP contribution in [0.15, 0.2) is 31.0 Å². The Hall–Kier alpha value is -2.07. The van der Waals surface area contributed by atoms with E-state index in [-0.39, 0.29) is 5.38 Å². The number of aromatic nitrogens is 4. The summed E-state index contributed by atoms with van der Waals surface area (Å²) >= 11 is 6.38. The van der Waals surface area contributed by atoms with Gasteiger partial charge in [0, 0.05) is 5.56 Å². The number of hydrogen-bond acceptors (Lipinski definition) is 2. The molecule has 0 bridgehead atoms. The number of nitrogens with one attached hydrogen (secondary N) is 2. The van der Waals surface area contributed by atoms with E-state index >= 15 is 0 Å². The van der Waals surface area contributed by atoms with Crippen molar-refractivity contribution in [3.8, 4) is 11.5 Å². The first kappa shape index (κ1) is 13.9. The van der Waals surface area contributed by atoms with E-state index in [1.807, 2.05) is 0 Å². The summed E-state index contributed by atoms with van der Waals surface area (Å²) in [5.41, 5.74) is 6.20. The molecule has 0 aliphatic rings. The summed E-state index contributed by atoms with van der Waals surface area (Å²) in [5.74, 6) is 0.761.